The summed E-state index contributed by atoms with van der Waals surface area (Å²) in [5.41, 5.74) is 1.41. The first-order chi connectivity index (χ1) is 11.2. The smallest absolute Gasteiger partial charge is 0.230 e. The van der Waals surface area contributed by atoms with Gasteiger partial charge in [0.1, 0.15) is 16.2 Å². The molecule has 5 nitrogen and oxygen atoms in total. The number of fused-ring (bicyclic) bond motifs is 3. The van der Waals surface area contributed by atoms with E-state index in [0.29, 0.717) is 18.9 Å². The SMILES string of the molecule is COCCNC(=O)CSc1ncnc2sc3c(c12)CC[C@H](C)C3. The van der Waals surface area contributed by atoms with E-state index in [4.69, 9.17) is 4.74 Å². The van der Waals surface area contributed by atoms with E-state index in [1.807, 2.05) is 0 Å². The summed E-state index contributed by atoms with van der Waals surface area (Å²) < 4.78 is 4.93. The predicted molar refractivity (Wildman–Crippen MR) is 94.2 cm³/mol. The van der Waals surface area contributed by atoms with Crippen molar-refractivity contribution in [2.75, 3.05) is 26.0 Å². The minimum Gasteiger partial charge on any atom is -0.383 e. The largest absolute Gasteiger partial charge is 0.383 e. The molecule has 0 aliphatic heterocycles. The van der Waals surface area contributed by atoms with Gasteiger partial charge in [-0.05, 0) is 30.7 Å². The topological polar surface area (TPSA) is 64.1 Å². The molecule has 2 heterocycles. The molecule has 0 bridgehead atoms. The van der Waals surface area contributed by atoms with Crippen LogP contribution in [0.5, 0.6) is 0 Å². The molecule has 0 spiro atoms. The lowest BCUT2D eigenvalue weighted by molar-refractivity contribution is -0.118. The van der Waals surface area contributed by atoms with E-state index in [1.54, 1.807) is 24.8 Å². The highest BCUT2D eigenvalue weighted by atomic mass is 32.2. The average molecular weight is 351 g/mol. The van der Waals surface area contributed by atoms with Crippen molar-refractivity contribution in [3.05, 3.63) is 16.8 Å². The van der Waals surface area contributed by atoms with Gasteiger partial charge >= 0.3 is 0 Å². The van der Waals surface area contributed by atoms with Crippen LogP contribution in [0.15, 0.2) is 11.4 Å². The molecule has 124 valence electrons. The Hall–Kier alpha value is -1.18. The van der Waals surface area contributed by atoms with Crippen LogP contribution in [0, 0.1) is 5.92 Å². The lowest BCUT2D eigenvalue weighted by atomic mass is 9.89. The number of carbonyl (C=O) groups is 1. The first-order valence-corrected chi connectivity index (χ1v) is 9.63. The summed E-state index contributed by atoms with van der Waals surface area (Å²) in [6, 6.07) is 0. The normalized spacial score (nSPS) is 17.2. The number of hydrogen-bond acceptors (Lipinski definition) is 6. The summed E-state index contributed by atoms with van der Waals surface area (Å²) in [5.74, 6) is 1.12. The summed E-state index contributed by atoms with van der Waals surface area (Å²) in [4.78, 5) is 23.2. The van der Waals surface area contributed by atoms with Crippen LogP contribution in [0.4, 0.5) is 0 Å². The minimum absolute atomic E-state index is 0.0107. The van der Waals surface area contributed by atoms with E-state index in [-0.39, 0.29) is 5.91 Å². The number of thiophene rings is 1. The van der Waals surface area contributed by atoms with Crippen molar-refractivity contribution in [1.29, 1.82) is 0 Å². The molecular formula is C16H21N3O2S2. The molecule has 0 fully saturated rings. The fourth-order valence-corrected chi connectivity index (χ4v) is 5.10. The van der Waals surface area contributed by atoms with Gasteiger partial charge in [-0.1, -0.05) is 18.7 Å². The van der Waals surface area contributed by atoms with Crippen LogP contribution < -0.4 is 5.32 Å². The molecular weight excluding hydrogens is 330 g/mol. The molecule has 2 aromatic heterocycles. The number of hydrogen-bond donors (Lipinski definition) is 1. The number of nitrogens with one attached hydrogen (secondary N) is 1. The van der Waals surface area contributed by atoms with Gasteiger partial charge in [0.15, 0.2) is 0 Å². The van der Waals surface area contributed by atoms with Gasteiger partial charge in [-0.2, -0.15) is 0 Å². The zero-order chi connectivity index (χ0) is 16.2. The molecule has 0 aromatic carbocycles. The van der Waals surface area contributed by atoms with Gasteiger partial charge in [0.05, 0.1) is 12.4 Å². The number of aryl methyl sites for hydroxylation is 1. The molecule has 1 aliphatic carbocycles. The number of rotatable bonds is 6. The van der Waals surface area contributed by atoms with Gasteiger partial charge in [0.25, 0.3) is 0 Å². The Morgan fingerprint density at radius 1 is 1.52 bits per heavy atom. The second-order valence-electron chi connectivity index (χ2n) is 5.84. The third kappa shape index (κ3) is 3.84. The molecule has 3 rings (SSSR count). The standard InChI is InChI=1S/C16H21N3O2S2/c1-10-3-4-11-12(7-10)23-16-14(11)15(18-9-19-16)22-8-13(20)17-5-6-21-2/h9-10H,3-8H2,1-2H3,(H,17,20)/t10-/m0/s1. The highest BCUT2D eigenvalue weighted by molar-refractivity contribution is 8.00. The second-order valence-corrected chi connectivity index (χ2v) is 7.89. The summed E-state index contributed by atoms with van der Waals surface area (Å²) in [6.45, 7) is 3.38. The number of ether oxygens (including phenoxy) is 1. The monoisotopic (exact) mass is 351 g/mol. The molecule has 0 saturated heterocycles. The lowest BCUT2D eigenvalue weighted by Crippen LogP contribution is -2.28. The second kappa shape index (κ2) is 7.59. The van der Waals surface area contributed by atoms with Crippen LogP contribution in [-0.2, 0) is 22.4 Å². The molecule has 0 saturated carbocycles. The summed E-state index contributed by atoms with van der Waals surface area (Å²) in [7, 11) is 1.62. The Morgan fingerprint density at radius 2 is 2.39 bits per heavy atom. The highest BCUT2D eigenvalue weighted by Gasteiger charge is 2.23. The molecule has 23 heavy (non-hydrogen) atoms. The lowest BCUT2D eigenvalue weighted by Gasteiger charge is -2.18. The highest BCUT2D eigenvalue weighted by Crippen LogP contribution is 2.40. The van der Waals surface area contributed by atoms with Crippen molar-refractivity contribution in [3.8, 4) is 0 Å². The molecule has 0 radical (unpaired) electrons. The van der Waals surface area contributed by atoms with Gasteiger partial charge in [0, 0.05) is 23.9 Å². The van der Waals surface area contributed by atoms with E-state index >= 15 is 0 Å². The van der Waals surface area contributed by atoms with Crippen molar-refractivity contribution in [2.24, 2.45) is 5.92 Å². The Labute approximate surface area is 144 Å². The molecule has 1 N–H and O–H groups in total. The Kier molecular flexibility index (Phi) is 5.50. The van der Waals surface area contributed by atoms with E-state index in [2.05, 4.69) is 22.2 Å². The minimum atomic E-state index is 0.0107. The van der Waals surface area contributed by atoms with Crippen LogP contribution in [0.1, 0.15) is 23.8 Å². The van der Waals surface area contributed by atoms with E-state index < -0.39 is 0 Å². The van der Waals surface area contributed by atoms with Crippen molar-refractivity contribution in [2.45, 2.75) is 31.2 Å². The van der Waals surface area contributed by atoms with Gasteiger partial charge in [-0.25, -0.2) is 9.97 Å². The number of nitrogens with zero attached hydrogens (tertiary/aromatic N) is 2. The summed E-state index contributed by atoms with van der Waals surface area (Å²) in [5, 5.41) is 4.95. The summed E-state index contributed by atoms with van der Waals surface area (Å²) in [6.07, 6.45) is 5.06. The van der Waals surface area contributed by atoms with Crippen LogP contribution >= 0.6 is 23.1 Å². The fourth-order valence-electron chi connectivity index (χ4n) is 2.83. The number of amides is 1. The first kappa shape index (κ1) is 16.7. The maximum absolute atomic E-state index is 11.9. The maximum Gasteiger partial charge on any atom is 0.230 e. The fraction of sp³-hybridized carbons (Fsp3) is 0.562. The van der Waals surface area contributed by atoms with Crippen LogP contribution in [0.3, 0.4) is 0 Å². The number of methoxy groups -OCH3 is 1. The van der Waals surface area contributed by atoms with Gasteiger partial charge in [0.2, 0.25) is 5.91 Å². The van der Waals surface area contributed by atoms with Crippen molar-refractivity contribution >= 4 is 39.2 Å². The summed E-state index contributed by atoms with van der Waals surface area (Å²) >= 11 is 3.28. The molecule has 7 heteroatoms. The first-order valence-electron chi connectivity index (χ1n) is 7.82. The van der Waals surface area contributed by atoms with Gasteiger partial charge in [-0.3, -0.25) is 4.79 Å². The Balaban J connectivity index is 1.75. The van der Waals surface area contributed by atoms with Gasteiger partial charge < -0.3 is 10.1 Å². The molecule has 0 unspecified atom stereocenters. The zero-order valence-corrected chi connectivity index (χ0v) is 15.1. The number of carbonyl (C=O) groups excluding carboxylic acids is 1. The quantitative estimate of drug-likeness (QED) is 0.492. The predicted octanol–water partition coefficient (Wildman–Crippen LogP) is 2.67. The maximum atomic E-state index is 11.9. The van der Waals surface area contributed by atoms with E-state index in [1.165, 1.54) is 34.0 Å². The Bertz CT molecular complexity index is 702. The van der Waals surface area contributed by atoms with Crippen molar-refractivity contribution in [3.63, 3.8) is 0 Å². The Morgan fingerprint density at radius 3 is 3.22 bits per heavy atom. The van der Waals surface area contributed by atoms with Crippen molar-refractivity contribution < 1.29 is 9.53 Å². The van der Waals surface area contributed by atoms with Gasteiger partial charge in [-0.15, -0.1) is 11.3 Å². The third-order valence-electron chi connectivity index (χ3n) is 4.03. The number of thioether (sulfide) groups is 1. The average Bonchev–Trinajstić information content (AvgIpc) is 2.91. The van der Waals surface area contributed by atoms with Crippen LogP contribution in [-0.4, -0.2) is 41.9 Å². The van der Waals surface area contributed by atoms with Crippen molar-refractivity contribution in [1.82, 2.24) is 15.3 Å². The van der Waals surface area contributed by atoms with Crippen LogP contribution in [0.25, 0.3) is 10.2 Å². The van der Waals surface area contributed by atoms with Crippen LogP contribution in [0.2, 0.25) is 0 Å². The molecule has 1 aliphatic rings. The molecule has 2 aromatic rings. The number of aromatic nitrogens is 2. The van der Waals surface area contributed by atoms with E-state index in [9.17, 15) is 4.79 Å². The van der Waals surface area contributed by atoms with E-state index in [0.717, 1.165) is 28.6 Å². The molecule has 1 atom stereocenters. The molecule has 1 amide bonds. The third-order valence-corrected chi connectivity index (χ3v) is 6.18. The zero-order valence-electron chi connectivity index (χ0n) is 13.4.